The fourth-order valence-corrected chi connectivity index (χ4v) is 1.73. The van der Waals surface area contributed by atoms with Crippen molar-refractivity contribution in [2.75, 3.05) is 25.3 Å². The zero-order valence-electron chi connectivity index (χ0n) is 10.7. The van der Waals surface area contributed by atoms with Crippen LogP contribution in [0.15, 0.2) is 36.4 Å². The van der Waals surface area contributed by atoms with Crippen molar-refractivity contribution in [3.63, 3.8) is 0 Å². The Morgan fingerprint density at radius 1 is 0.895 bits per heavy atom. The Morgan fingerprint density at radius 3 is 2.00 bits per heavy atom. The molecule has 0 aliphatic rings. The van der Waals surface area contributed by atoms with Crippen LogP contribution < -0.4 is 20.5 Å². The number of nitrogen functional groups attached to an aromatic ring is 1. The van der Waals surface area contributed by atoms with Crippen molar-refractivity contribution in [2.45, 2.75) is 0 Å². The Labute approximate surface area is 111 Å². The van der Waals surface area contributed by atoms with Gasteiger partial charge in [-0.05, 0) is 18.2 Å². The predicted molar refractivity (Wildman–Crippen MR) is 73.6 cm³/mol. The summed E-state index contributed by atoms with van der Waals surface area (Å²) in [4.78, 5) is 0. The van der Waals surface area contributed by atoms with Gasteiger partial charge in [0.2, 0.25) is 0 Å². The fourth-order valence-electron chi connectivity index (χ4n) is 1.73. The number of methoxy groups -OCH3 is 2. The highest BCUT2D eigenvalue weighted by Crippen LogP contribution is 2.28. The third kappa shape index (κ3) is 3.28. The van der Waals surface area contributed by atoms with E-state index in [0.717, 1.165) is 5.69 Å². The maximum absolute atomic E-state index is 13.3. The number of anilines is 3. The monoisotopic (exact) mass is 262 g/mol. The van der Waals surface area contributed by atoms with E-state index in [1.54, 1.807) is 38.5 Å². The number of halogens is 1. The number of rotatable bonds is 4. The molecule has 0 fully saturated rings. The molecule has 100 valence electrons. The first kappa shape index (κ1) is 13.0. The maximum Gasteiger partial charge on any atom is 0.127 e. The predicted octanol–water partition coefficient (Wildman–Crippen LogP) is 3.17. The number of hydrogen-bond donors (Lipinski definition) is 2. The van der Waals surface area contributed by atoms with Gasteiger partial charge in [-0.3, -0.25) is 0 Å². The molecule has 0 spiro atoms. The van der Waals surface area contributed by atoms with Gasteiger partial charge in [0.05, 0.1) is 14.2 Å². The Bertz CT molecular complexity index is 545. The number of benzene rings is 2. The molecule has 2 aromatic carbocycles. The minimum absolute atomic E-state index is 0.359. The van der Waals surface area contributed by atoms with Crippen molar-refractivity contribution in [2.24, 2.45) is 0 Å². The van der Waals surface area contributed by atoms with Crippen LogP contribution >= 0.6 is 0 Å². The molecule has 0 saturated carbocycles. The summed E-state index contributed by atoms with van der Waals surface area (Å²) >= 11 is 0. The van der Waals surface area contributed by atoms with Gasteiger partial charge < -0.3 is 20.5 Å². The lowest BCUT2D eigenvalue weighted by molar-refractivity contribution is 0.395. The third-order valence-electron chi connectivity index (χ3n) is 2.56. The van der Waals surface area contributed by atoms with Crippen LogP contribution in [-0.4, -0.2) is 14.2 Å². The van der Waals surface area contributed by atoms with Crippen LogP contribution in [0.1, 0.15) is 0 Å². The van der Waals surface area contributed by atoms with Crippen molar-refractivity contribution in [3.8, 4) is 11.5 Å². The zero-order chi connectivity index (χ0) is 13.8. The molecule has 0 heterocycles. The lowest BCUT2D eigenvalue weighted by Crippen LogP contribution is -1.95. The summed E-state index contributed by atoms with van der Waals surface area (Å²) in [6.45, 7) is 0. The molecule has 2 rings (SSSR count). The van der Waals surface area contributed by atoms with Crippen molar-refractivity contribution in [3.05, 3.63) is 42.2 Å². The van der Waals surface area contributed by atoms with E-state index in [-0.39, 0.29) is 0 Å². The van der Waals surface area contributed by atoms with Crippen LogP contribution in [0.25, 0.3) is 0 Å². The summed E-state index contributed by atoms with van der Waals surface area (Å²) < 4.78 is 23.6. The minimum atomic E-state index is -0.391. The smallest absolute Gasteiger partial charge is 0.127 e. The molecule has 0 radical (unpaired) electrons. The fraction of sp³-hybridized carbons (Fsp3) is 0.143. The topological polar surface area (TPSA) is 56.5 Å². The second-order valence-corrected chi connectivity index (χ2v) is 4.00. The summed E-state index contributed by atoms with van der Waals surface area (Å²) in [5.41, 5.74) is 7.24. The number of nitrogens with two attached hydrogens (primary N) is 1. The van der Waals surface area contributed by atoms with Crippen molar-refractivity contribution in [1.29, 1.82) is 0 Å². The molecule has 0 bridgehead atoms. The van der Waals surface area contributed by atoms with E-state index in [1.807, 2.05) is 0 Å². The quantitative estimate of drug-likeness (QED) is 0.831. The van der Waals surface area contributed by atoms with Crippen LogP contribution in [0.3, 0.4) is 0 Å². The van der Waals surface area contributed by atoms with Gasteiger partial charge in [-0.2, -0.15) is 0 Å². The molecule has 0 aromatic heterocycles. The van der Waals surface area contributed by atoms with E-state index in [1.165, 1.54) is 12.1 Å². The van der Waals surface area contributed by atoms with Gasteiger partial charge in [-0.25, -0.2) is 4.39 Å². The molecular weight excluding hydrogens is 247 g/mol. The summed E-state index contributed by atoms with van der Waals surface area (Å²) in [7, 11) is 3.14. The highest BCUT2D eigenvalue weighted by atomic mass is 19.1. The van der Waals surface area contributed by atoms with Crippen LogP contribution in [0.4, 0.5) is 21.5 Å². The second-order valence-electron chi connectivity index (χ2n) is 4.00. The minimum Gasteiger partial charge on any atom is -0.497 e. The third-order valence-corrected chi connectivity index (χ3v) is 2.56. The zero-order valence-corrected chi connectivity index (χ0v) is 10.7. The highest BCUT2D eigenvalue weighted by Gasteiger charge is 2.04. The summed E-state index contributed by atoms with van der Waals surface area (Å²) in [6.07, 6.45) is 0. The second kappa shape index (κ2) is 5.48. The molecule has 0 unspecified atom stereocenters. The van der Waals surface area contributed by atoms with Gasteiger partial charge in [-0.15, -0.1) is 0 Å². The number of nitrogens with one attached hydrogen (secondary N) is 1. The lowest BCUT2D eigenvalue weighted by Gasteiger charge is -2.11. The van der Waals surface area contributed by atoms with E-state index in [4.69, 9.17) is 15.2 Å². The largest absolute Gasteiger partial charge is 0.497 e. The van der Waals surface area contributed by atoms with Crippen LogP contribution in [0.2, 0.25) is 0 Å². The average molecular weight is 262 g/mol. The Kier molecular flexibility index (Phi) is 3.75. The van der Waals surface area contributed by atoms with E-state index in [9.17, 15) is 4.39 Å². The van der Waals surface area contributed by atoms with E-state index in [2.05, 4.69) is 5.32 Å². The SMILES string of the molecule is COc1cc(Nc2cc(N)cc(F)c2)cc(OC)c1. The van der Waals surface area contributed by atoms with Crippen LogP contribution in [0.5, 0.6) is 11.5 Å². The average Bonchev–Trinajstić information content (AvgIpc) is 2.37. The first-order chi connectivity index (χ1) is 9.10. The molecule has 0 amide bonds. The first-order valence-corrected chi connectivity index (χ1v) is 5.67. The van der Waals surface area contributed by atoms with E-state index in [0.29, 0.717) is 22.9 Å². The number of hydrogen-bond acceptors (Lipinski definition) is 4. The molecule has 4 nitrogen and oxygen atoms in total. The highest BCUT2D eigenvalue weighted by molar-refractivity contribution is 5.66. The van der Waals surface area contributed by atoms with Gasteiger partial charge in [-0.1, -0.05) is 0 Å². The summed E-state index contributed by atoms with van der Waals surface area (Å²) in [5.74, 6) is 0.898. The molecule has 0 atom stereocenters. The van der Waals surface area contributed by atoms with Crippen LogP contribution in [0, 0.1) is 5.82 Å². The molecule has 0 aliphatic heterocycles. The van der Waals surface area contributed by atoms with E-state index < -0.39 is 5.82 Å². The van der Waals surface area contributed by atoms with Crippen molar-refractivity contribution >= 4 is 17.1 Å². The Hall–Kier alpha value is -2.43. The van der Waals surface area contributed by atoms with Crippen molar-refractivity contribution < 1.29 is 13.9 Å². The van der Waals surface area contributed by atoms with E-state index >= 15 is 0 Å². The lowest BCUT2D eigenvalue weighted by atomic mass is 10.2. The summed E-state index contributed by atoms with van der Waals surface area (Å²) in [5, 5.41) is 3.06. The van der Waals surface area contributed by atoms with Crippen LogP contribution in [-0.2, 0) is 0 Å². The maximum atomic E-state index is 13.3. The first-order valence-electron chi connectivity index (χ1n) is 5.67. The van der Waals surface area contributed by atoms with Gasteiger partial charge in [0.15, 0.2) is 0 Å². The van der Waals surface area contributed by atoms with Gasteiger partial charge >= 0.3 is 0 Å². The van der Waals surface area contributed by atoms with Gasteiger partial charge in [0, 0.05) is 35.3 Å². The summed E-state index contributed by atoms with van der Waals surface area (Å²) in [6, 6.07) is 9.59. The molecule has 3 N–H and O–H groups in total. The molecular formula is C14H15FN2O2. The van der Waals surface area contributed by atoms with Crippen molar-refractivity contribution in [1.82, 2.24) is 0 Å². The van der Waals surface area contributed by atoms with Gasteiger partial charge in [0.1, 0.15) is 17.3 Å². The Balaban J connectivity index is 2.31. The Morgan fingerprint density at radius 2 is 1.47 bits per heavy atom. The normalized spacial score (nSPS) is 10.1. The molecule has 2 aromatic rings. The standard InChI is InChI=1S/C14H15FN2O2/c1-18-13-6-12(7-14(8-13)19-2)17-11-4-9(15)3-10(16)5-11/h3-8,17H,16H2,1-2H3. The molecule has 19 heavy (non-hydrogen) atoms. The number of ether oxygens (including phenoxy) is 2. The molecule has 0 saturated heterocycles. The molecule has 0 aliphatic carbocycles. The molecule has 5 heteroatoms. The van der Waals surface area contributed by atoms with Gasteiger partial charge in [0.25, 0.3) is 0 Å².